The quantitative estimate of drug-likeness (QED) is 0.0896. The third-order valence-electron chi connectivity index (χ3n) is 8.73. The molecule has 1 N–H and O–H groups in total. The van der Waals surface area contributed by atoms with Crippen molar-refractivity contribution < 1.29 is 34.4 Å². The van der Waals surface area contributed by atoms with E-state index < -0.39 is 0 Å². The van der Waals surface area contributed by atoms with Gasteiger partial charge in [-0.25, -0.2) is 4.98 Å². The van der Waals surface area contributed by atoms with Gasteiger partial charge in [0.15, 0.2) is 5.78 Å². The molecule has 5 nitrogen and oxygen atoms in total. The number of carbonyl (C=O) groups excluding carboxylic acids is 1. The van der Waals surface area contributed by atoms with E-state index in [0.717, 1.165) is 81.0 Å². The Bertz CT molecular complexity index is 1980. The zero-order chi connectivity index (χ0) is 32.1. The van der Waals surface area contributed by atoms with Crippen LogP contribution in [0, 0.1) is 17.9 Å². The minimum atomic E-state index is 0. The summed E-state index contributed by atoms with van der Waals surface area (Å²) in [5, 5.41) is 15.4. The summed E-state index contributed by atoms with van der Waals surface area (Å²) in [5.74, 6) is 1.57. The molecule has 2 aromatic heterocycles. The van der Waals surface area contributed by atoms with E-state index in [9.17, 15) is 9.90 Å². The Morgan fingerprint density at radius 1 is 0.826 bits per heavy atom. The van der Waals surface area contributed by atoms with Gasteiger partial charge in [-0.05, 0) is 48.6 Å². The van der Waals surface area contributed by atoms with Crippen molar-refractivity contribution in [2.75, 3.05) is 0 Å². The molecule has 0 unspecified atom stereocenters. The average molecular weight is 792 g/mol. The van der Waals surface area contributed by atoms with Gasteiger partial charge in [0.2, 0.25) is 0 Å². The summed E-state index contributed by atoms with van der Waals surface area (Å²) in [6, 6.07) is 28.4. The molecule has 0 saturated heterocycles. The smallest absolute Gasteiger partial charge is 0.162 e. The third-order valence-corrected chi connectivity index (χ3v) is 8.73. The van der Waals surface area contributed by atoms with E-state index in [4.69, 9.17) is 14.4 Å². The van der Waals surface area contributed by atoms with E-state index in [1.165, 1.54) is 11.5 Å². The van der Waals surface area contributed by atoms with Gasteiger partial charge < -0.3 is 9.52 Å². The molecule has 6 rings (SSSR count). The second-order valence-electron chi connectivity index (χ2n) is 12.0. The normalized spacial score (nSPS) is 11.9. The SMILES string of the molecule is CC(C)c1nc(-c2[c-]cc3ccccc3c2)c2oc3cc4ccccc4cc3c2n1.CCC(CC)C(=O)/C=C(\O)C(CC)CC.[Ir]. The number of nitrogens with zero attached hydrogens (tertiary/aromatic N) is 2. The van der Waals surface area contributed by atoms with Crippen molar-refractivity contribution in [1.29, 1.82) is 0 Å². The van der Waals surface area contributed by atoms with Gasteiger partial charge in [-0.2, -0.15) is 0 Å². The minimum absolute atomic E-state index is 0. The number of benzene rings is 4. The molecule has 0 spiro atoms. The van der Waals surface area contributed by atoms with Gasteiger partial charge in [0.1, 0.15) is 22.5 Å². The van der Waals surface area contributed by atoms with E-state index >= 15 is 0 Å². The van der Waals surface area contributed by atoms with Crippen LogP contribution < -0.4 is 0 Å². The van der Waals surface area contributed by atoms with E-state index in [-0.39, 0.29) is 49.4 Å². The second-order valence-corrected chi connectivity index (χ2v) is 12.0. The van der Waals surface area contributed by atoms with Crippen LogP contribution in [0.2, 0.25) is 0 Å². The number of ketones is 1. The molecular formula is C40H43IrN2O3-. The molecule has 2 heterocycles. The number of aliphatic hydroxyl groups excluding tert-OH is 1. The van der Waals surface area contributed by atoms with Crippen LogP contribution in [0.4, 0.5) is 0 Å². The first-order valence-electron chi connectivity index (χ1n) is 16.3. The Labute approximate surface area is 285 Å². The summed E-state index contributed by atoms with van der Waals surface area (Å²) in [6.07, 6.45) is 4.91. The molecule has 1 radical (unpaired) electrons. The first-order chi connectivity index (χ1) is 21.8. The molecule has 0 amide bonds. The number of fused-ring (bicyclic) bond motifs is 5. The largest absolute Gasteiger partial charge is 0.512 e. The van der Waals surface area contributed by atoms with Crippen LogP contribution in [0.3, 0.4) is 0 Å². The maximum atomic E-state index is 11.7. The van der Waals surface area contributed by atoms with Crippen molar-refractivity contribution >= 4 is 49.4 Å². The summed E-state index contributed by atoms with van der Waals surface area (Å²) in [4.78, 5) is 21.5. The molecule has 46 heavy (non-hydrogen) atoms. The van der Waals surface area contributed by atoms with Crippen molar-refractivity contribution in [3.05, 3.63) is 96.5 Å². The van der Waals surface area contributed by atoms with Gasteiger partial charge in [-0.3, -0.25) is 9.78 Å². The molecule has 0 saturated carbocycles. The maximum absolute atomic E-state index is 11.7. The molecule has 0 bridgehead atoms. The minimum Gasteiger partial charge on any atom is -0.512 e. The Hall–Kier alpha value is -3.86. The van der Waals surface area contributed by atoms with Crippen molar-refractivity contribution in [3.8, 4) is 11.3 Å². The zero-order valence-electron chi connectivity index (χ0n) is 27.6. The molecule has 241 valence electrons. The van der Waals surface area contributed by atoms with Gasteiger partial charge in [-0.15, -0.1) is 29.1 Å². The third kappa shape index (κ3) is 7.40. The van der Waals surface area contributed by atoms with Gasteiger partial charge in [0, 0.05) is 55.0 Å². The van der Waals surface area contributed by atoms with Crippen molar-refractivity contribution in [3.63, 3.8) is 0 Å². The number of rotatable bonds is 9. The fourth-order valence-electron chi connectivity index (χ4n) is 5.83. The van der Waals surface area contributed by atoms with Crippen LogP contribution in [0.1, 0.15) is 79.0 Å². The topological polar surface area (TPSA) is 76.2 Å². The second kappa shape index (κ2) is 15.6. The number of aliphatic hydroxyl groups is 1. The van der Waals surface area contributed by atoms with Crippen molar-refractivity contribution in [2.45, 2.75) is 73.1 Å². The summed E-state index contributed by atoms with van der Waals surface area (Å²) < 4.78 is 6.35. The van der Waals surface area contributed by atoms with E-state index in [1.54, 1.807) is 0 Å². The van der Waals surface area contributed by atoms with Gasteiger partial charge in [0.25, 0.3) is 0 Å². The summed E-state index contributed by atoms with van der Waals surface area (Å²) >= 11 is 0. The first kappa shape index (κ1) is 35.0. The number of hydrogen-bond donors (Lipinski definition) is 1. The fraction of sp³-hybridized carbons (Fsp3) is 0.325. The van der Waals surface area contributed by atoms with Gasteiger partial charge in [-0.1, -0.05) is 95.5 Å². The summed E-state index contributed by atoms with van der Waals surface area (Å²) in [6.45, 7) is 12.3. The first-order valence-corrected chi connectivity index (χ1v) is 16.3. The Kier molecular flexibility index (Phi) is 11.9. The Balaban J connectivity index is 0.000000259. The Morgan fingerprint density at radius 3 is 1.98 bits per heavy atom. The zero-order valence-corrected chi connectivity index (χ0v) is 30.0. The number of carbonyl (C=O) groups is 1. The predicted molar refractivity (Wildman–Crippen MR) is 187 cm³/mol. The van der Waals surface area contributed by atoms with Crippen LogP contribution in [0.5, 0.6) is 0 Å². The van der Waals surface area contributed by atoms with Crippen LogP contribution in [0.25, 0.3) is 54.9 Å². The number of hydrogen-bond acceptors (Lipinski definition) is 5. The maximum Gasteiger partial charge on any atom is 0.162 e. The molecule has 6 aromatic rings. The van der Waals surface area contributed by atoms with Crippen LogP contribution >= 0.6 is 0 Å². The van der Waals surface area contributed by atoms with E-state index in [1.807, 2.05) is 52.0 Å². The number of aromatic nitrogens is 2. The number of allylic oxidation sites excluding steroid dienone is 2. The fourth-order valence-corrected chi connectivity index (χ4v) is 5.83. The molecule has 4 aromatic carbocycles. The monoisotopic (exact) mass is 792 g/mol. The van der Waals surface area contributed by atoms with Crippen LogP contribution in [0.15, 0.2) is 89.0 Å². The van der Waals surface area contributed by atoms with E-state index in [0.29, 0.717) is 0 Å². The van der Waals surface area contributed by atoms with Crippen molar-refractivity contribution in [1.82, 2.24) is 9.97 Å². The molecule has 6 heteroatoms. The molecule has 0 aliphatic rings. The molecule has 0 aliphatic heterocycles. The average Bonchev–Trinajstić information content (AvgIpc) is 3.41. The molecule has 0 fully saturated rings. The van der Waals surface area contributed by atoms with E-state index in [2.05, 4.69) is 68.4 Å². The van der Waals surface area contributed by atoms with Gasteiger partial charge >= 0.3 is 0 Å². The molecule has 0 aliphatic carbocycles. The number of furan rings is 1. The van der Waals surface area contributed by atoms with Crippen molar-refractivity contribution in [2.24, 2.45) is 11.8 Å². The van der Waals surface area contributed by atoms with Gasteiger partial charge in [0.05, 0.1) is 5.76 Å². The van der Waals surface area contributed by atoms with Crippen LogP contribution in [-0.2, 0) is 24.9 Å². The summed E-state index contributed by atoms with van der Waals surface area (Å²) in [7, 11) is 0. The summed E-state index contributed by atoms with van der Waals surface area (Å²) in [5.41, 5.74) is 4.14. The van der Waals surface area contributed by atoms with Crippen LogP contribution in [-0.4, -0.2) is 20.9 Å². The Morgan fingerprint density at radius 2 is 1.39 bits per heavy atom. The molecular weight excluding hydrogens is 749 g/mol. The molecule has 0 atom stereocenters. The predicted octanol–water partition coefficient (Wildman–Crippen LogP) is 11.1. The standard InChI is InChI=1S/C27H19N2O.C13H24O2.Ir/c1-16(2)27-28-24(21-12-11-17-7-3-4-8-18(17)13-21)26-25(29-27)22-14-19-9-5-6-10-20(19)15-23(22)30-26;1-5-10(6-2)12(14)9-13(15)11(7-3)8-4;/h3-11,13-16H,1-2H3;9-11,14H,5-8H2,1-4H3;/q-1;;/b;12-9-;.